The molecule has 0 saturated heterocycles. The molecular weight excluding hydrogens is 238 g/mol. The second-order valence-corrected chi connectivity index (χ2v) is 6.32. The fourth-order valence-electron chi connectivity index (χ4n) is 3.51. The highest BCUT2D eigenvalue weighted by Gasteiger charge is 2.43. The van der Waals surface area contributed by atoms with E-state index in [-0.39, 0.29) is 18.2 Å². The maximum Gasteiger partial charge on any atom is 0.125 e. The van der Waals surface area contributed by atoms with Crippen molar-refractivity contribution in [2.45, 2.75) is 50.8 Å². The van der Waals surface area contributed by atoms with Crippen molar-refractivity contribution in [2.75, 3.05) is 6.61 Å². The summed E-state index contributed by atoms with van der Waals surface area (Å²) >= 11 is 0. The van der Waals surface area contributed by atoms with Crippen LogP contribution in [0.3, 0.4) is 0 Å². The normalized spacial score (nSPS) is 32.1. The molecule has 1 aliphatic carbocycles. The molecule has 3 heteroatoms. The van der Waals surface area contributed by atoms with Gasteiger partial charge in [0.1, 0.15) is 11.4 Å². The highest BCUT2D eigenvalue weighted by atomic mass is 16.5. The second-order valence-electron chi connectivity index (χ2n) is 6.32. The molecule has 0 radical (unpaired) electrons. The standard InChI is InChI=1S/C16H23NO2/c1-16(2)15(12-7-3-4-9-14(12)19-16)17-13-8-5-6-11(13)10-18/h3-4,7,9,11,13,15,17-18H,5-6,8,10H2,1-2H3. The molecule has 1 aromatic carbocycles. The van der Waals surface area contributed by atoms with Gasteiger partial charge < -0.3 is 15.2 Å². The Balaban J connectivity index is 1.83. The number of ether oxygens (including phenoxy) is 1. The van der Waals surface area contributed by atoms with Gasteiger partial charge in [-0.1, -0.05) is 24.6 Å². The number of fused-ring (bicyclic) bond motifs is 1. The summed E-state index contributed by atoms with van der Waals surface area (Å²) in [4.78, 5) is 0. The van der Waals surface area contributed by atoms with Crippen LogP contribution in [0.2, 0.25) is 0 Å². The number of hydrogen-bond acceptors (Lipinski definition) is 3. The monoisotopic (exact) mass is 261 g/mol. The summed E-state index contributed by atoms with van der Waals surface area (Å²) in [6.45, 7) is 4.55. The average molecular weight is 261 g/mol. The maximum absolute atomic E-state index is 9.46. The van der Waals surface area contributed by atoms with E-state index < -0.39 is 0 Å². The van der Waals surface area contributed by atoms with Crippen LogP contribution in [0.5, 0.6) is 5.75 Å². The molecule has 1 saturated carbocycles. The van der Waals surface area contributed by atoms with Crippen LogP contribution in [0.4, 0.5) is 0 Å². The molecule has 3 atom stereocenters. The van der Waals surface area contributed by atoms with Gasteiger partial charge in [0.05, 0.1) is 6.04 Å². The number of aliphatic hydroxyl groups excluding tert-OH is 1. The zero-order valence-electron chi connectivity index (χ0n) is 11.7. The van der Waals surface area contributed by atoms with Crippen molar-refractivity contribution in [2.24, 2.45) is 5.92 Å². The van der Waals surface area contributed by atoms with Gasteiger partial charge in [-0.25, -0.2) is 0 Å². The molecule has 0 spiro atoms. The third kappa shape index (κ3) is 2.26. The topological polar surface area (TPSA) is 41.5 Å². The zero-order chi connectivity index (χ0) is 13.5. The minimum atomic E-state index is -0.230. The molecule has 2 aliphatic rings. The van der Waals surface area contributed by atoms with Crippen LogP contribution in [-0.2, 0) is 0 Å². The number of para-hydroxylation sites is 1. The van der Waals surface area contributed by atoms with Gasteiger partial charge in [-0.2, -0.15) is 0 Å². The third-order valence-electron chi connectivity index (χ3n) is 4.57. The van der Waals surface area contributed by atoms with Gasteiger partial charge >= 0.3 is 0 Å². The van der Waals surface area contributed by atoms with Crippen LogP contribution in [0.25, 0.3) is 0 Å². The lowest BCUT2D eigenvalue weighted by atomic mass is 9.92. The molecule has 0 bridgehead atoms. The molecular formula is C16H23NO2. The van der Waals surface area contributed by atoms with Crippen molar-refractivity contribution >= 4 is 0 Å². The molecule has 19 heavy (non-hydrogen) atoms. The first-order valence-corrected chi connectivity index (χ1v) is 7.26. The molecule has 1 aromatic rings. The van der Waals surface area contributed by atoms with Crippen LogP contribution in [-0.4, -0.2) is 23.4 Å². The molecule has 1 fully saturated rings. The van der Waals surface area contributed by atoms with Gasteiger partial charge in [0.2, 0.25) is 0 Å². The van der Waals surface area contributed by atoms with Crippen LogP contribution in [0.1, 0.15) is 44.7 Å². The predicted molar refractivity (Wildman–Crippen MR) is 75.2 cm³/mol. The Morgan fingerprint density at radius 3 is 2.89 bits per heavy atom. The van der Waals surface area contributed by atoms with Crippen molar-refractivity contribution in [1.29, 1.82) is 0 Å². The van der Waals surface area contributed by atoms with Gasteiger partial charge in [0.15, 0.2) is 0 Å². The van der Waals surface area contributed by atoms with Crippen molar-refractivity contribution in [3.63, 3.8) is 0 Å². The zero-order valence-corrected chi connectivity index (χ0v) is 11.7. The average Bonchev–Trinajstić information content (AvgIpc) is 2.92. The number of aliphatic hydroxyl groups is 1. The first-order chi connectivity index (χ1) is 9.12. The van der Waals surface area contributed by atoms with Crippen LogP contribution in [0, 0.1) is 5.92 Å². The van der Waals surface area contributed by atoms with Crippen molar-refractivity contribution < 1.29 is 9.84 Å². The van der Waals surface area contributed by atoms with Crippen LogP contribution >= 0.6 is 0 Å². The molecule has 2 N–H and O–H groups in total. The van der Waals surface area contributed by atoms with E-state index in [0.717, 1.165) is 18.6 Å². The number of benzene rings is 1. The Labute approximate surface area is 115 Å². The van der Waals surface area contributed by atoms with E-state index in [1.165, 1.54) is 12.0 Å². The van der Waals surface area contributed by atoms with E-state index in [9.17, 15) is 5.11 Å². The highest BCUT2D eigenvalue weighted by Crippen LogP contribution is 2.44. The quantitative estimate of drug-likeness (QED) is 0.879. The SMILES string of the molecule is CC1(C)Oc2ccccc2C1NC1CCCC1CO. The van der Waals surface area contributed by atoms with Crippen LogP contribution in [0.15, 0.2) is 24.3 Å². The van der Waals surface area contributed by atoms with Gasteiger partial charge in [0.25, 0.3) is 0 Å². The summed E-state index contributed by atoms with van der Waals surface area (Å²) in [5, 5.41) is 13.2. The van der Waals surface area contributed by atoms with Gasteiger partial charge in [0, 0.05) is 18.2 Å². The summed E-state index contributed by atoms with van der Waals surface area (Å²) in [6, 6.07) is 8.88. The first kappa shape index (κ1) is 12.9. The Morgan fingerprint density at radius 1 is 1.32 bits per heavy atom. The minimum Gasteiger partial charge on any atom is -0.486 e. The number of hydrogen-bond donors (Lipinski definition) is 2. The van der Waals surface area contributed by atoms with Crippen molar-refractivity contribution in [3.05, 3.63) is 29.8 Å². The summed E-state index contributed by atoms with van der Waals surface area (Å²) in [6.07, 6.45) is 3.49. The Morgan fingerprint density at radius 2 is 2.11 bits per heavy atom. The van der Waals surface area contributed by atoms with Crippen molar-refractivity contribution in [1.82, 2.24) is 5.32 Å². The number of nitrogens with one attached hydrogen (secondary N) is 1. The van der Waals surface area contributed by atoms with Gasteiger partial charge in [-0.15, -0.1) is 0 Å². The molecule has 0 amide bonds. The number of rotatable bonds is 3. The summed E-state index contributed by atoms with van der Waals surface area (Å²) in [5.41, 5.74) is 1.02. The molecule has 3 nitrogen and oxygen atoms in total. The summed E-state index contributed by atoms with van der Waals surface area (Å²) in [7, 11) is 0. The van der Waals surface area contributed by atoms with E-state index in [1.807, 2.05) is 12.1 Å². The lowest BCUT2D eigenvalue weighted by Gasteiger charge is -2.31. The van der Waals surface area contributed by atoms with Gasteiger partial charge in [-0.05, 0) is 38.7 Å². The van der Waals surface area contributed by atoms with Crippen LogP contribution < -0.4 is 10.1 Å². The van der Waals surface area contributed by atoms with E-state index in [2.05, 4.69) is 31.3 Å². The Hall–Kier alpha value is -1.06. The summed E-state index contributed by atoms with van der Waals surface area (Å²) < 4.78 is 6.06. The maximum atomic E-state index is 9.46. The molecule has 1 heterocycles. The van der Waals surface area contributed by atoms with Gasteiger partial charge in [-0.3, -0.25) is 0 Å². The smallest absolute Gasteiger partial charge is 0.125 e. The Kier molecular flexibility index (Phi) is 3.27. The first-order valence-electron chi connectivity index (χ1n) is 7.26. The van der Waals surface area contributed by atoms with E-state index in [0.29, 0.717) is 12.0 Å². The summed E-state index contributed by atoms with van der Waals surface area (Å²) in [5.74, 6) is 1.38. The lowest BCUT2D eigenvalue weighted by molar-refractivity contribution is 0.0839. The fraction of sp³-hybridized carbons (Fsp3) is 0.625. The van der Waals surface area contributed by atoms with Crippen molar-refractivity contribution in [3.8, 4) is 5.75 Å². The predicted octanol–water partition coefficient (Wildman–Crippen LogP) is 2.65. The third-order valence-corrected chi connectivity index (χ3v) is 4.57. The highest BCUT2D eigenvalue weighted by molar-refractivity contribution is 5.42. The van der Waals surface area contributed by atoms with E-state index in [1.54, 1.807) is 0 Å². The van der Waals surface area contributed by atoms with E-state index >= 15 is 0 Å². The molecule has 1 aliphatic heterocycles. The second kappa shape index (κ2) is 4.80. The molecule has 3 rings (SSSR count). The fourth-order valence-corrected chi connectivity index (χ4v) is 3.51. The minimum absolute atomic E-state index is 0.209. The largest absolute Gasteiger partial charge is 0.486 e. The molecule has 3 unspecified atom stereocenters. The lowest BCUT2D eigenvalue weighted by Crippen LogP contribution is -2.45. The molecule has 104 valence electrons. The Bertz CT molecular complexity index is 458. The van der Waals surface area contributed by atoms with E-state index in [4.69, 9.17) is 4.74 Å². The molecule has 0 aromatic heterocycles.